The summed E-state index contributed by atoms with van der Waals surface area (Å²) in [5, 5.41) is 8.69. The highest BCUT2D eigenvalue weighted by molar-refractivity contribution is 5.53. The first-order chi connectivity index (χ1) is 11.6. The molecule has 2 atom stereocenters. The lowest BCUT2D eigenvalue weighted by atomic mass is 9.75. The number of aromatic nitrogens is 2. The summed E-state index contributed by atoms with van der Waals surface area (Å²) in [6, 6.07) is 8.17. The topological polar surface area (TPSA) is 59.2 Å². The molecule has 24 heavy (non-hydrogen) atoms. The van der Waals surface area contributed by atoms with Crippen LogP contribution >= 0.6 is 0 Å². The fourth-order valence-corrected chi connectivity index (χ4v) is 4.21. The van der Waals surface area contributed by atoms with Crippen LogP contribution in [0, 0.1) is 18.8 Å². The highest BCUT2D eigenvalue weighted by atomic mass is 16.4. The third kappa shape index (κ3) is 2.52. The second-order valence-corrected chi connectivity index (χ2v) is 7.41. The van der Waals surface area contributed by atoms with E-state index in [2.05, 4.69) is 36.2 Å². The molecule has 5 heteroatoms. The molecule has 0 radical (unpaired) electrons. The van der Waals surface area contributed by atoms with Gasteiger partial charge in [0, 0.05) is 18.7 Å². The number of aryl methyl sites for hydroxylation is 1. The fraction of sp³-hybridized carbons (Fsp3) is 0.526. The lowest BCUT2D eigenvalue weighted by molar-refractivity contribution is -0.120. The summed E-state index contributed by atoms with van der Waals surface area (Å²) < 4.78 is 6.09. The van der Waals surface area contributed by atoms with Crippen LogP contribution in [-0.4, -0.2) is 34.6 Å². The lowest BCUT2D eigenvalue weighted by Gasteiger charge is -2.38. The van der Waals surface area contributed by atoms with Crippen LogP contribution < -0.4 is 0 Å². The number of piperidine rings is 1. The van der Waals surface area contributed by atoms with Gasteiger partial charge in [0.25, 0.3) is 0 Å². The quantitative estimate of drug-likeness (QED) is 0.810. The Morgan fingerprint density at radius 3 is 2.62 bits per heavy atom. The van der Waals surface area contributed by atoms with Gasteiger partial charge in [0.2, 0.25) is 18.2 Å². The fourth-order valence-electron chi connectivity index (χ4n) is 4.21. The number of benzene rings is 1. The van der Waals surface area contributed by atoms with E-state index in [0.29, 0.717) is 17.7 Å². The molecule has 1 saturated carbocycles. The summed E-state index contributed by atoms with van der Waals surface area (Å²) in [6.45, 7) is 5.96. The molecule has 2 fully saturated rings. The molecule has 5 nitrogen and oxygen atoms in total. The zero-order chi connectivity index (χ0) is 16.7. The molecule has 1 amide bonds. The summed E-state index contributed by atoms with van der Waals surface area (Å²) in [6.07, 6.45) is 4.20. The molecule has 0 N–H and O–H groups in total. The SMILES string of the molecule is Cc1ccc(-c2nnc(C3(C4CCN(C=O)CC4C)CC3)o2)cc1. The van der Waals surface area contributed by atoms with E-state index in [0.717, 1.165) is 50.2 Å². The van der Waals surface area contributed by atoms with Gasteiger partial charge in [-0.1, -0.05) is 24.6 Å². The molecule has 2 aromatic rings. The zero-order valence-electron chi connectivity index (χ0n) is 14.2. The molecule has 1 aliphatic heterocycles. The molecule has 2 unspecified atom stereocenters. The van der Waals surface area contributed by atoms with Crippen LogP contribution in [-0.2, 0) is 10.2 Å². The van der Waals surface area contributed by atoms with Crippen molar-refractivity contribution in [2.45, 2.75) is 38.5 Å². The van der Waals surface area contributed by atoms with Gasteiger partial charge in [0.1, 0.15) is 0 Å². The third-order valence-electron chi connectivity index (χ3n) is 5.73. The summed E-state index contributed by atoms with van der Waals surface area (Å²) in [7, 11) is 0. The van der Waals surface area contributed by atoms with E-state index in [1.165, 1.54) is 5.56 Å². The minimum Gasteiger partial charge on any atom is -0.420 e. The Kier molecular flexibility index (Phi) is 3.66. The molecule has 1 aliphatic carbocycles. The van der Waals surface area contributed by atoms with Crippen LogP contribution in [0.5, 0.6) is 0 Å². The average Bonchev–Trinajstić information content (AvgIpc) is 3.24. The Bertz CT molecular complexity index is 733. The van der Waals surface area contributed by atoms with Crippen molar-refractivity contribution in [3.63, 3.8) is 0 Å². The number of hydrogen-bond donors (Lipinski definition) is 0. The van der Waals surface area contributed by atoms with Gasteiger partial charge in [-0.2, -0.15) is 0 Å². The molecular formula is C19H23N3O2. The van der Waals surface area contributed by atoms with Crippen LogP contribution in [0.1, 0.15) is 37.6 Å². The molecule has 126 valence electrons. The Balaban J connectivity index is 1.57. The van der Waals surface area contributed by atoms with E-state index in [9.17, 15) is 4.79 Å². The first kappa shape index (κ1) is 15.4. The van der Waals surface area contributed by atoms with Crippen LogP contribution in [0.2, 0.25) is 0 Å². The van der Waals surface area contributed by atoms with Gasteiger partial charge < -0.3 is 9.32 Å². The van der Waals surface area contributed by atoms with E-state index >= 15 is 0 Å². The van der Waals surface area contributed by atoms with Crippen molar-refractivity contribution in [1.82, 2.24) is 15.1 Å². The van der Waals surface area contributed by atoms with Crippen molar-refractivity contribution in [3.05, 3.63) is 35.7 Å². The molecule has 4 rings (SSSR count). The first-order valence-electron chi connectivity index (χ1n) is 8.73. The number of carbonyl (C=O) groups is 1. The Labute approximate surface area is 142 Å². The minimum absolute atomic E-state index is 0.0321. The van der Waals surface area contributed by atoms with E-state index < -0.39 is 0 Å². The predicted octanol–water partition coefficient (Wildman–Crippen LogP) is 3.19. The molecule has 0 spiro atoms. The number of likely N-dealkylation sites (tertiary alicyclic amines) is 1. The molecule has 1 saturated heterocycles. The number of hydrogen-bond acceptors (Lipinski definition) is 4. The maximum absolute atomic E-state index is 11.0. The average molecular weight is 325 g/mol. The van der Waals surface area contributed by atoms with E-state index in [4.69, 9.17) is 4.42 Å². The maximum atomic E-state index is 11.0. The number of nitrogens with zero attached hydrogens (tertiary/aromatic N) is 3. The van der Waals surface area contributed by atoms with Crippen molar-refractivity contribution in [3.8, 4) is 11.5 Å². The molecular weight excluding hydrogens is 302 g/mol. The largest absolute Gasteiger partial charge is 0.420 e. The van der Waals surface area contributed by atoms with E-state index in [1.54, 1.807) is 0 Å². The molecule has 0 bridgehead atoms. The van der Waals surface area contributed by atoms with E-state index in [-0.39, 0.29) is 5.41 Å². The summed E-state index contributed by atoms with van der Waals surface area (Å²) in [4.78, 5) is 12.9. The van der Waals surface area contributed by atoms with Crippen molar-refractivity contribution >= 4 is 6.41 Å². The van der Waals surface area contributed by atoms with Gasteiger partial charge in [-0.3, -0.25) is 4.79 Å². The standard InChI is InChI=1S/C19H23N3O2/c1-13-3-5-15(6-4-13)17-20-21-18(24-17)19(8-9-19)16-7-10-22(12-23)11-14(16)2/h3-6,12,14,16H,7-11H2,1-2H3. The third-order valence-corrected chi connectivity index (χ3v) is 5.73. The minimum atomic E-state index is 0.0321. The van der Waals surface area contributed by atoms with Gasteiger partial charge >= 0.3 is 0 Å². The number of amides is 1. The Morgan fingerprint density at radius 1 is 1.25 bits per heavy atom. The van der Waals surface area contributed by atoms with Crippen LogP contribution in [0.25, 0.3) is 11.5 Å². The van der Waals surface area contributed by atoms with Crippen molar-refractivity contribution in [1.29, 1.82) is 0 Å². The number of rotatable bonds is 4. The van der Waals surface area contributed by atoms with Gasteiger partial charge in [-0.15, -0.1) is 10.2 Å². The van der Waals surface area contributed by atoms with E-state index in [1.807, 2.05) is 17.0 Å². The highest BCUT2D eigenvalue weighted by Crippen LogP contribution is 2.57. The highest BCUT2D eigenvalue weighted by Gasteiger charge is 2.57. The predicted molar refractivity (Wildman–Crippen MR) is 90.3 cm³/mol. The molecule has 2 heterocycles. The monoisotopic (exact) mass is 325 g/mol. The molecule has 1 aromatic carbocycles. The molecule has 1 aromatic heterocycles. The normalized spacial score (nSPS) is 25.5. The smallest absolute Gasteiger partial charge is 0.247 e. The zero-order valence-corrected chi connectivity index (χ0v) is 14.2. The second-order valence-electron chi connectivity index (χ2n) is 7.41. The van der Waals surface area contributed by atoms with Crippen LogP contribution in [0.4, 0.5) is 0 Å². The summed E-state index contributed by atoms with van der Waals surface area (Å²) >= 11 is 0. The molecule has 2 aliphatic rings. The van der Waals surface area contributed by atoms with Crippen molar-refractivity contribution in [2.75, 3.05) is 13.1 Å². The van der Waals surface area contributed by atoms with Crippen molar-refractivity contribution in [2.24, 2.45) is 11.8 Å². The van der Waals surface area contributed by atoms with Crippen LogP contribution in [0.15, 0.2) is 28.7 Å². The summed E-state index contributed by atoms with van der Waals surface area (Å²) in [5.41, 5.74) is 2.22. The first-order valence-corrected chi connectivity index (χ1v) is 8.73. The lowest BCUT2D eigenvalue weighted by Crippen LogP contribution is -2.43. The van der Waals surface area contributed by atoms with Gasteiger partial charge in [-0.25, -0.2) is 0 Å². The van der Waals surface area contributed by atoms with Crippen molar-refractivity contribution < 1.29 is 9.21 Å². The number of carbonyl (C=O) groups excluding carboxylic acids is 1. The summed E-state index contributed by atoms with van der Waals surface area (Å²) in [5.74, 6) is 2.37. The van der Waals surface area contributed by atoms with Gasteiger partial charge in [0.15, 0.2) is 0 Å². The van der Waals surface area contributed by atoms with Gasteiger partial charge in [-0.05, 0) is 50.2 Å². The Morgan fingerprint density at radius 2 is 2.00 bits per heavy atom. The van der Waals surface area contributed by atoms with Gasteiger partial charge in [0.05, 0.1) is 5.41 Å². The maximum Gasteiger partial charge on any atom is 0.247 e. The van der Waals surface area contributed by atoms with Crippen LogP contribution in [0.3, 0.4) is 0 Å². The Hall–Kier alpha value is -2.17. The second kappa shape index (κ2) is 5.72.